The lowest BCUT2D eigenvalue weighted by atomic mass is 9.51. The number of rotatable bonds is 7. The van der Waals surface area contributed by atoms with Gasteiger partial charge in [-0.05, 0) is 97.6 Å². The fourth-order valence-corrected chi connectivity index (χ4v) is 11.6. The van der Waals surface area contributed by atoms with Gasteiger partial charge in [-0.3, -0.25) is 0 Å². The summed E-state index contributed by atoms with van der Waals surface area (Å²) in [6.07, 6.45) is 0. The third kappa shape index (κ3) is 4.97. The van der Waals surface area contributed by atoms with Crippen molar-refractivity contribution in [3.8, 4) is 22.3 Å². The number of hydrogen-bond acceptors (Lipinski definition) is 2. The molecule has 2 aliphatic rings. The molecule has 13 rings (SSSR count). The van der Waals surface area contributed by atoms with Crippen LogP contribution < -0.4 is 4.90 Å². The first-order valence-corrected chi connectivity index (χ1v) is 22.2. The van der Waals surface area contributed by atoms with Crippen molar-refractivity contribution < 1.29 is 4.42 Å². The highest BCUT2D eigenvalue weighted by molar-refractivity contribution is 6.09. The maximum absolute atomic E-state index is 6.51. The summed E-state index contributed by atoms with van der Waals surface area (Å²) in [7, 11) is 0. The molecular formula is C62H41NO. The molecule has 10 aromatic carbocycles. The molecule has 0 saturated heterocycles. The molecule has 64 heavy (non-hydrogen) atoms. The summed E-state index contributed by atoms with van der Waals surface area (Å²) in [5.74, 6) is 0. The molecule has 0 bridgehead atoms. The predicted octanol–water partition coefficient (Wildman–Crippen LogP) is 15.8. The van der Waals surface area contributed by atoms with Gasteiger partial charge in [-0.2, -0.15) is 0 Å². The number of fused-ring (bicyclic) bond motifs is 8. The number of para-hydroxylation sites is 4. The van der Waals surface area contributed by atoms with Crippen LogP contribution in [-0.4, -0.2) is 0 Å². The average Bonchev–Trinajstić information content (AvgIpc) is 3.91. The van der Waals surface area contributed by atoms with Gasteiger partial charge >= 0.3 is 0 Å². The summed E-state index contributed by atoms with van der Waals surface area (Å²) in [4.78, 5) is 2.45. The Labute approximate surface area is 373 Å². The van der Waals surface area contributed by atoms with Gasteiger partial charge < -0.3 is 9.32 Å². The van der Waals surface area contributed by atoms with Crippen molar-refractivity contribution in [3.63, 3.8) is 0 Å². The summed E-state index contributed by atoms with van der Waals surface area (Å²) in [5.41, 5.74) is 18.9. The van der Waals surface area contributed by atoms with E-state index in [1.807, 2.05) is 6.07 Å². The average molecular weight is 816 g/mol. The molecule has 2 atom stereocenters. The molecule has 0 fully saturated rings. The summed E-state index contributed by atoms with van der Waals surface area (Å²) in [6, 6.07) is 91.6. The summed E-state index contributed by atoms with van der Waals surface area (Å²) >= 11 is 0. The smallest absolute Gasteiger partial charge is 0.143 e. The van der Waals surface area contributed by atoms with E-state index in [-0.39, 0.29) is 0 Å². The molecule has 1 aromatic heterocycles. The van der Waals surface area contributed by atoms with Crippen LogP contribution in [0.2, 0.25) is 0 Å². The standard InChI is InChI=1S/C62H41NO/c1-4-20-43(21-5-1)61(53-32-13-14-33-54(53)62(44-22-6-2-7-23-44)52-31-12-10-26-48(52)50-29-19-35-56(61)59(50)62)55-34-15-16-36-57(55)63(45-24-8-3-9-25-45)46-40-38-42(39-41-46)47-28-18-30-51-49-27-11-17-37-58(49)64-60(47)51/h1-41H. The van der Waals surface area contributed by atoms with Crippen molar-refractivity contribution in [1.82, 2.24) is 0 Å². The molecule has 1 heterocycles. The van der Waals surface area contributed by atoms with E-state index in [0.717, 1.165) is 50.1 Å². The molecule has 0 saturated carbocycles. The van der Waals surface area contributed by atoms with E-state index in [1.165, 1.54) is 55.6 Å². The van der Waals surface area contributed by atoms with E-state index in [2.05, 4.69) is 248 Å². The molecule has 300 valence electrons. The summed E-state index contributed by atoms with van der Waals surface area (Å²) in [6.45, 7) is 0. The minimum Gasteiger partial charge on any atom is -0.455 e. The van der Waals surface area contributed by atoms with Gasteiger partial charge in [0.25, 0.3) is 0 Å². The maximum Gasteiger partial charge on any atom is 0.143 e. The van der Waals surface area contributed by atoms with Gasteiger partial charge in [0.05, 0.1) is 16.5 Å². The molecule has 2 aliphatic carbocycles. The van der Waals surface area contributed by atoms with Crippen molar-refractivity contribution in [3.05, 3.63) is 293 Å². The Morgan fingerprint density at radius 3 is 1.56 bits per heavy atom. The van der Waals surface area contributed by atoms with Crippen molar-refractivity contribution in [1.29, 1.82) is 0 Å². The zero-order valence-corrected chi connectivity index (χ0v) is 35.0. The highest BCUT2D eigenvalue weighted by Gasteiger charge is 2.58. The van der Waals surface area contributed by atoms with Crippen LogP contribution in [0.1, 0.15) is 44.5 Å². The highest BCUT2D eigenvalue weighted by atomic mass is 16.3. The number of nitrogens with zero attached hydrogens (tertiary/aromatic N) is 1. The Bertz CT molecular complexity index is 3550. The second kappa shape index (κ2) is 14.2. The van der Waals surface area contributed by atoms with Crippen LogP contribution in [0.15, 0.2) is 253 Å². The highest BCUT2D eigenvalue weighted by Crippen LogP contribution is 2.66. The number of anilines is 3. The van der Waals surface area contributed by atoms with E-state index in [1.54, 1.807) is 0 Å². The van der Waals surface area contributed by atoms with E-state index in [4.69, 9.17) is 4.42 Å². The van der Waals surface area contributed by atoms with Gasteiger partial charge in [-0.25, -0.2) is 0 Å². The summed E-state index contributed by atoms with van der Waals surface area (Å²) in [5, 5.41) is 2.26. The van der Waals surface area contributed by atoms with Crippen LogP contribution in [-0.2, 0) is 10.8 Å². The first-order chi connectivity index (χ1) is 31.8. The van der Waals surface area contributed by atoms with E-state index >= 15 is 0 Å². The Hall–Kier alpha value is -8.20. The lowest BCUT2D eigenvalue weighted by molar-refractivity contribution is 0.627. The normalized spacial score (nSPS) is 16.9. The Balaban J connectivity index is 1.09. The molecule has 0 aliphatic heterocycles. The van der Waals surface area contributed by atoms with E-state index < -0.39 is 10.8 Å². The second-order valence-electron chi connectivity index (χ2n) is 17.1. The van der Waals surface area contributed by atoms with Crippen molar-refractivity contribution in [2.45, 2.75) is 10.8 Å². The topological polar surface area (TPSA) is 16.4 Å². The Morgan fingerprint density at radius 2 is 0.812 bits per heavy atom. The lowest BCUT2D eigenvalue weighted by Gasteiger charge is -2.50. The molecule has 0 N–H and O–H groups in total. The van der Waals surface area contributed by atoms with Gasteiger partial charge in [0.1, 0.15) is 11.2 Å². The van der Waals surface area contributed by atoms with Crippen LogP contribution in [0.4, 0.5) is 17.1 Å². The molecule has 2 nitrogen and oxygen atoms in total. The zero-order valence-electron chi connectivity index (χ0n) is 35.0. The molecule has 0 radical (unpaired) electrons. The molecule has 2 heteroatoms. The minimum atomic E-state index is -0.718. The number of furan rings is 1. The molecule has 2 unspecified atom stereocenters. The number of benzene rings is 10. The van der Waals surface area contributed by atoms with Crippen LogP contribution in [0, 0.1) is 0 Å². The quantitative estimate of drug-likeness (QED) is 0.159. The maximum atomic E-state index is 6.51. The first kappa shape index (κ1) is 36.5. The monoisotopic (exact) mass is 815 g/mol. The van der Waals surface area contributed by atoms with Crippen molar-refractivity contribution in [2.75, 3.05) is 4.90 Å². The Kier molecular flexibility index (Phi) is 8.07. The first-order valence-electron chi connectivity index (χ1n) is 22.2. The Morgan fingerprint density at radius 1 is 0.312 bits per heavy atom. The van der Waals surface area contributed by atoms with Crippen LogP contribution in [0.5, 0.6) is 0 Å². The molecule has 11 aromatic rings. The largest absolute Gasteiger partial charge is 0.455 e. The van der Waals surface area contributed by atoms with Crippen molar-refractivity contribution in [2.24, 2.45) is 0 Å². The lowest BCUT2D eigenvalue weighted by Crippen LogP contribution is -2.44. The third-order valence-corrected chi connectivity index (χ3v) is 14.0. The van der Waals surface area contributed by atoms with E-state index in [9.17, 15) is 0 Å². The van der Waals surface area contributed by atoms with Gasteiger partial charge in [0.15, 0.2) is 0 Å². The fourth-order valence-electron chi connectivity index (χ4n) is 11.6. The van der Waals surface area contributed by atoms with Crippen LogP contribution in [0.25, 0.3) is 44.2 Å². The zero-order chi connectivity index (χ0) is 42.2. The minimum absolute atomic E-state index is 0.523. The fraction of sp³-hybridized carbons (Fsp3) is 0.0323. The molecular weight excluding hydrogens is 775 g/mol. The second-order valence-corrected chi connectivity index (χ2v) is 17.1. The van der Waals surface area contributed by atoms with E-state index in [0.29, 0.717) is 0 Å². The molecule has 0 amide bonds. The van der Waals surface area contributed by atoms with Gasteiger partial charge in [-0.15, -0.1) is 0 Å². The van der Waals surface area contributed by atoms with Gasteiger partial charge in [0, 0.05) is 27.7 Å². The van der Waals surface area contributed by atoms with Gasteiger partial charge in [0.2, 0.25) is 0 Å². The predicted molar refractivity (Wildman–Crippen MR) is 263 cm³/mol. The SMILES string of the molecule is c1ccc(N(c2ccc(-c3cccc4c3oc3ccccc34)cc2)c2ccccc2C2(c3ccccc3)c3ccccc3C3(c4ccccc4)c4ccccc4-c4cccc2c43)cc1. The van der Waals surface area contributed by atoms with Crippen LogP contribution >= 0.6 is 0 Å². The van der Waals surface area contributed by atoms with Gasteiger partial charge in [-0.1, -0.05) is 212 Å². The third-order valence-electron chi connectivity index (χ3n) is 14.0. The number of hydrogen-bond donors (Lipinski definition) is 0. The van der Waals surface area contributed by atoms with Crippen molar-refractivity contribution >= 4 is 39.0 Å². The summed E-state index contributed by atoms with van der Waals surface area (Å²) < 4.78 is 6.51. The van der Waals surface area contributed by atoms with Crippen LogP contribution in [0.3, 0.4) is 0 Å². The molecule has 0 spiro atoms.